The van der Waals surface area contributed by atoms with Crippen molar-refractivity contribution >= 4 is 23.3 Å². The van der Waals surface area contributed by atoms with E-state index in [0.717, 1.165) is 12.8 Å². The number of benzene rings is 1. The molecule has 3 N–H and O–H groups in total. The minimum absolute atomic E-state index is 0.0601. The van der Waals surface area contributed by atoms with Crippen molar-refractivity contribution < 1.29 is 19.6 Å². The molecule has 2 rings (SSSR count). The molecule has 1 saturated carbocycles. The Hall–Kier alpha value is -2.64. The van der Waals surface area contributed by atoms with Crippen LogP contribution in [0.1, 0.15) is 37.0 Å². The molecular formula is C15H19N3O5. The van der Waals surface area contributed by atoms with Crippen LogP contribution in [0.5, 0.6) is 0 Å². The van der Waals surface area contributed by atoms with Crippen LogP contribution in [0.15, 0.2) is 18.2 Å². The largest absolute Gasteiger partial charge is 0.480 e. The molecule has 0 unspecified atom stereocenters. The maximum absolute atomic E-state index is 12.2. The summed E-state index contributed by atoms with van der Waals surface area (Å²) in [6, 6.07) is 3.29. The highest BCUT2D eigenvalue weighted by molar-refractivity contribution is 5.97. The van der Waals surface area contributed by atoms with Gasteiger partial charge in [-0.1, -0.05) is 13.8 Å². The molecule has 0 aliphatic heterocycles. The molecule has 0 aromatic heterocycles. The topological polar surface area (TPSA) is 122 Å². The second-order valence-corrected chi connectivity index (χ2v) is 5.94. The highest BCUT2D eigenvalue weighted by Crippen LogP contribution is 2.31. The number of anilines is 1. The summed E-state index contributed by atoms with van der Waals surface area (Å²) in [5.74, 6) is -2.09. The minimum atomic E-state index is -1.14. The van der Waals surface area contributed by atoms with Crippen molar-refractivity contribution in [1.82, 2.24) is 5.32 Å². The first-order valence-electron chi connectivity index (χ1n) is 7.38. The number of carboxylic acid groups (broad SMARTS) is 1. The number of aliphatic carboxylic acids is 1. The molecule has 0 spiro atoms. The van der Waals surface area contributed by atoms with E-state index in [2.05, 4.69) is 10.6 Å². The predicted molar refractivity (Wildman–Crippen MR) is 83.5 cm³/mol. The van der Waals surface area contributed by atoms with E-state index in [-0.39, 0.29) is 23.2 Å². The third-order valence-corrected chi connectivity index (χ3v) is 3.61. The van der Waals surface area contributed by atoms with E-state index in [4.69, 9.17) is 5.11 Å². The second-order valence-electron chi connectivity index (χ2n) is 5.94. The van der Waals surface area contributed by atoms with Gasteiger partial charge in [0, 0.05) is 17.7 Å². The summed E-state index contributed by atoms with van der Waals surface area (Å²) in [5, 5.41) is 25.7. The van der Waals surface area contributed by atoms with Crippen LogP contribution in [-0.4, -0.2) is 34.0 Å². The summed E-state index contributed by atoms with van der Waals surface area (Å²) in [4.78, 5) is 33.9. The number of rotatable bonds is 7. The highest BCUT2D eigenvalue weighted by Gasteiger charge is 2.27. The minimum Gasteiger partial charge on any atom is -0.480 e. The molecule has 23 heavy (non-hydrogen) atoms. The number of hydrogen-bond acceptors (Lipinski definition) is 5. The van der Waals surface area contributed by atoms with Gasteiger partial charge in [0.25, 0.3) is 11.6 Å². The standard InChI is InChI=1S/C15H19N3O5/c1-8(2)13(15(20)21)17-14(19)9-3-6-11(16-10-4-5-10)12(7-9)18(22)23/h3,6-8,10,13,16H,4-5H2,1-2H3,(H,17,19)(H,20,21)/t13-/m1/s1. The molecule has 1 aliphatic rings. The van der Waals surface area contributed by atoms with Crippen LogP contribution in [0.4, 0.5) is 11.4 Å². The van der Waals surface area contributed by atoms with E-state index in [9.17, 15) is 19.7 Å². The number of nitrogens with one attached hydrogen (secondary N) is 2. The van der Waals surface area contributed by atoms with Crippen molar-refractivity contribution in [2.45, 2.75) is 38.8 Å². The molecule has 8 nitrogen and oxygen atoms in total. The van der Waals surface area contributed by atoms with Crippen molar-refractivity contribution in [2.75, 3.05) is 5.32 Å². The molecular weight excluding hydrogens is 302 g/mol. The highest BCUT2D eigenvalue weighted by atomic mass is 16.6. The SMILES string of the molecule is CC(C)[C@@H](NC(=O)c1ccc(NC2CC2)c([N+](=O)[O-])c1)C(=O)O. The molecule has 1 atom stereocenters. The van der Waals surface area contributed by atoms with Crippen LogP contribution < -0.4 is 10.6 Å². The second kappa shape index (κ2) is 6.64. The van der Waals surface area contributed by atoms with Crippen LogP contribution in [0.2, 0.25) is 0 Å². The van der Waals surface area contributed by atoms with Gasteiger partial charge in [-0.25, -0.2) is 4.79 Å². The first kappa shape index (κ1) is 16.7. The third kappa shape index (κ3) is 4.18. The van der Waals surface area contributed by atoms with Gasteiger partial charge < -0.3 is 15.7 Å². The fourth-order valence-corrected chi connectivity index (χ4v) is 2.13. The van der Waals surface area contributed by atoms with Gasteiger partial charge in [0.1, 0.15) is 11.7 Å². The van der Waals surface area contributed by atoms with E-state index < -0.39 is 22.8 Å². The average Bonchev–Trinajstić information content (AvgIpc) is 3.27. The van der Waals surface area contributed by atoms with Crippen LogP contribution in [0, 0.1) is 16.0 Å². The smallest absolute Gasteiger partial charge is 0.326 e. The molecule has 0 heterocycles. The number of amides is 1. The predicted octanol–water partition coefficient (Wildman–Crippen LogP) is 2.01. The fourth-order valence-electron chi connectivity index (χ4n) is 2.13. The fraction of sp³-hybridized carbons (Fsp3) is 0.467. The van der Waals surface area contributed by atoms with E-state index in [1.165, 1.54) is 18.2 Å². The Bertz CT molecular complexity index is 640. The van der Waals surface area contributed by atoms with Gasteiger partial charge in [-0.3, -0.25) is 14.9 Å². The Balaban J connectivity index is 2.21. The summed E-state index contributed by atoms with van der Waals surface area (Å²) in [5.41, 5.74) is 0.235. The van der Waals surface area contributed by atoms with Gasteiger partial charge in [-0.15, -0.1) is 0 Å². The molecule has 1 fully saturated rings. The lowest BCUT2D eigenvalue weighted by Gasteiger charge is -2.18. The monoisotopic (exact) mass is 321 g/mol. The molecule has 1 aromatic carbocycles. The first-order chi connectivity index (χ1) is 10.8. The van der Waals surface area contributed by atoms with Crippen molar-refractivity contribution in [2.24, 2.45) is 5.92 Å². The number of hydrogen-bond donors (Lipinski definition) is 3. The summed E-state index contributed by atoms with van der Waals surface area (Å²) in [6.07, 6.45) is 1.93. The Morgan fingerprint density at radius 2 is 2.00 bits per heavy atom. The normalized spacial score (nSPS) is 15.1. The lowest BCUT2D eigenvalue weighted by Crippen LogP contribution is -2.44. The zero-order valence-electron chi connectivity index (χ0n) is 12.9. The van der Waals surface area contributed by atoms with Crippen LogP contribution in [0.25, 0.3) is 0 Å². The van der Waals surface area contributed by atoms with E-state index >= 15 is 0 Å². The Morgan fingerprint density at radius 3 is 2.48 bits per heavy atom. The van der Waals surface area contributed by atoms with E-state index in [0.29, 0.717) is 5.69 Å². The molecule has 0 bridgehead atoms. The molecule has 124 valence electrons. The molecule has 0 saturated heterocycles. The van der Waals surface area contributed by atoms with Gasteiger partial charge in [-0.2, -0.15) is 0 Å². The van der Waals surface area contributed by atoms with E-state index in [1.54, 1.807) is 13.8 Å². The van der Waals surface area contributed by atoms with Crippen LogP contribution >= 0.6 is 0 Å². The van der Waals surface area contributed by atoms with Crippen molar-refractivity contribution in [3.05, 3.63) is 33.9 Å². The van der Waals surface area contributed by atoms with Gasteiger partial charge in [0.2, 0.25) is 0 Å². The van der Waals surface area contributed by atoms with Crippen LogP contribution in [0.3, 0.4) is 0 Å². The number of nitrogens with zero attached hydrogens (tertiary/aromatic N) is 1. The maximum Gasteiger partial charge on any atom is 0.326 e. The first-order valence-corrected chi connectivity index (χ1v) is 7.38. The summed E-state index contributed by atoms with van der Waals surface area (Å²) in [6.45, 7) is 3.34. The van der Waals surface area contributed by atoms with Crippen molar-refractivity contribution in [3.63, 3.8) is 0 Å². The molecule has 1 aromatic rings. The molecule has 1 aliphatic carbocycles. The number of nitro benzene ring substituents is 1. The average molecular weight is 321 g/mol. The number of carbonyl (C=O) groups excluding carboxylic acids is 1. The molecule has 8 heteroatoms. The van der Waals surface area contributed by atoms with Gasteiger partial charge >= 0.3 is 5.97 Å². The summed E-state index contributed by atoms with van der Waals surface area (Å²) in [7, 11) is 0. The van der Waals surface area contributed by atoms with E-state index in [1.807, 2.05) is 0 Å². The molecule has 1 amide bonds. The van der Waals surface area contributed by atoms with Gasteiger partial charge in [0.15, 0.2) is 0 Å². The Labute approximate surface area is 133 Å². The summed E-state index contributed by atoms with van der Waals surface area (Å²) < 4.78 is 0. The Morgan fingerprint density at radius 1 is 1.35 bits per heavy atom. The van der Waals surface area contributed by atoms with Crippen molar-refractivity contribution in [3.8, 4) is 0 Å². The number of carbonyl (C=O) groups is 2. The Kier molecular flexibility index (Phi) is 4.83. The zero-order valence-corrected chi connectivity index (χ0v) is 12.9. The zero-order chi connectivity index (χ0) is 17.1. The lowest BCUT2D eigenvalue weighted by molar-refractivity contribution is -0.384. The van der Waals surface area contributed by atoms with Crippen molar-refractivity contribution in [1.29, 1.82) is 0 Å². The lowest BCUT2D eigenvalue weighted by atomic mass is 10.0. The third-order valence-electron chi connectivity index (χ3n) is 3.61. The van der Waals surface area contributed by atoms with Gasteiger partial charge in [0.05, 0.1) is 4.92 Å². The maximum atomic E-state index is 12.2. The number of carboxylic acids is 1. The van der Waals surface area contributed by atoms with Crippen LogP contribution in [-0.2, 0) is 4.79 Å². The van der Waals surface area contributed by atoms with Gasteiger partial charge in [-0.05, 0) is 30.9 Å². The molecule has 0 radical (unpaired) electrons. The quantitative estimate of drug-likeness (QED) is 0.521. The summed E-state index contributed by atoms with van der Waals surface area (Å²) >= 11 is 0. The number of nitro groups is 1.